The third-order valence-electron chi connectivity index (χ3n) is 2.61. The van der Waals surface area contributed by atoms with Crippen LogP contribution in [-0.2, 0) is 16.0 Å². The van der Waals surface area contributed by atoms with Gasteiger partial charge in [0.2, 0.25) is 0 Å². The van der Waals surface area contributed by atoms with E-state index in [1.807, 2.05) is 24.3 Å². The number of esters is 1. The first-order chi connectivity index (χ1) is 8.22. The maximum atomic E-state index is 11.1. The smallest absolute Gasteiger partial charge is 0.305 e. The van der Waals surface area contributed by atoms with Crippen LogP contribution in [0.25, 0.3) is 10.8 Å². The van der Waals surface area contributed by atoms with Crippen LogP contribution in [0.4, 0.5) is 0 Å². The molecule has 0 aliphatic carbocycles. The van der Waals surface area contributed by atoms with Gasteiger partial charge in [-0.3, -0.25) is 9.78 Å². The number of carbonyl (C=O) groups is 1. The molecule has 0 aliphatic heterocycles. The monoisotopic (exact) mass is 249 g/mol. The molecule has 0 bridgehead atoms. The van der Waals surface area contributed by atoms with Crippen molar-refractivity contribution in [3.8, 4) is 0 Å². The van der Waals surface area contributed by atoms with Crippen LogP contribution in [-0.4, -0.2) is 18.1 Å². The second-order valence-corrected chi connectivity index (χ2v) is 4.08. The number of aromatic nitrogens is 1. The summed E-state index contributed by atoms with van der Waals surface area (Å²) in [7, 11) is 1.38. The van der Waals surface area contributed by atoms with E-state index >= 15 is 0 Å². The standard InChI is InChI=1S/C13H12ClNO2/c1-17-12(16)6-5-11-13-9(7-8-15-11)3-2-4-10(13)14/h2-4,7-8H,5-6H2,1H3. The van der Waals surface area contributed by atoms with Crippen molar-refractivity contribution in [1.82, 2.24) is 4.98 Å². The molecule has 1 heterocycles. The van der Waals surface area contributed by atoms with Gasteiger partial charge in [0.05, 0.1) is 24.2 Å². The Balaban J connectivity index is 2.37. The maximum Gasteiger partial charge on any atom is 0.305 e. The van der Waals surface area contributed by atoms with Gasteiger partial charge >= 0.3 is 5.97 Å². The normalized spacial score (nSPS) is 10.5. The van der Waals surface area contributed by atoms with Gasteiger partial charge in [0.15, 0.2) is 0 Å². The zero-order valence-electron chi connectivity index (χ0n) is 9.44. The van der Waals surface area contributed by atoms with Crippen molar-refractivity contribution in [2.24, 2.45) is 0 Å². The van der Waals surface area contributed by atoms with Crippen molar-refractivity contribution in [1.29, 1.82) is 0 Å². The summed E-state index contributed by atoms with van der Waals surface area (Å²) in [5.74, 6) is -0.240. The summed E-state index contributed by atoms with van der Waals surface area (Å²) in [4.78, 5) is 15.4. The number of ether oxygens (including phenoxy) is 1. The van der Waals surface area contributed by atoms with Crippen LogP contribution < -0.4 is 0 Å². The lowest BCUT2D eigenvalue weighted by molar-refractivity contribution is -0.140. The van der Waals surface area contributed by atoms with E-state index in [1.54, 1.807) is 6.20 Å². The minimum atomic E-state index is -0.240. The molecule has 2 rings (SSSR count). The maximum absolute atomic E-state index is 11.1. The SMILES string of the molecule is COC(=O)CCc1nccc2cccc(Cl)c12. The average Bonchev–Trinajstić information content (AvgIpc) is 2.36. The van der Waals surface area contributed by atoms with Crippen molar-refractivity contribution in [2.75, 3.05) is 7.11 Å². The Hall–Kier alpha value is -1.61. The van der Waals surface area contributed by atoms with E-state index in [4.69, 9.17) is 11.6 Å². The molecule has 17 heavy (non-hydrogen) atoms. The highest BCUT2D eigenvalue weighted by atomic mass is 35.5. The molecule has 0 fully saturated rings. The summed E-state index contributed by atoms with van der Waals surface area (Å²) in [5.41, 5.74) is 0.832. The van der Waals surface area contributed by atoms with Gasteiger partial charge in [-0.15, -0.1) is 0 Å². The highest BCUT2D eigenvalue weighted by molar-refractivity contribution is 6.35. The van der Waals surface area contributed by atoms with Gasteiger partial charge in [-0.25, -0.2) is 0 Å². The van der Waals surface area contributed by atoms with Crippen molar-refractivity contribution < 1.29 is 9.53 Å². The van der Waals surface area contributed by atoms with Crippen molar-refractivity contribution in [3.05, 3.63) is 41.2 Å². The van der Waals surface area contributed by atoms with Crippen LogP contribution >= 0.6 is 11.6 Å². The van der Waals surface area contributed by atoms with Gasteiger partial charge in [0, 0.05) is 18.0 Å². The van der Waals surface area contributed by atoms with E-state index < -0.39 is 0 Å². The number of pyridine rings is 1. The molecule has 0 spiro atoms. The minimum absolute atomic E-state index is 0.240. The lowest BCUT2D eigenvalue weighted by Gasteiger charge is -2.06. The molecule has 0 saturated carbocycles. The summed E-state index contributed by atoms with van der Waals surface area (Å²) in [5, 5.41) is 2.61. The van der Waals surface area contributed by atoms with Gasteiger partial charge in [-0.1, -0.05) is 23.7 Å². The fraction of sp³-hybridized carbons (Fsp3) is 0.231. The Morgan fingerprint density at radius 2 is 2.24 bits per heavy atom. The minimum Gasteiger partial charge on any atom is -0.469 e. The molecule has 0 amide bonds. The van der Waals surface area contributed by atoms with Crippen molar-refractivity contribution in [3.63, 3.8) is 0 Å². The van der Waals surface area contributed by atoms with Crippen LogP contribution in [0, 0.1) is 0 Å². The molecular formula is C13H12ClNO2. The summed E-state index contributed by atoms with van der Waals surface area (Å²) in [6.45, 7) is 0. The van der Waals surface area contributed by atoms with E-state index in [0.29, 0.717) is 17.9 Å². The molecule has 0 saturated heterocycles. The van der Waals surface area contributed by atoms with Crippen LogP contribution in [0.1, 0.15) is 12.1 Å². The van der Waals surface area contributed by atoms with Gasteiger partial charge in [-0.05, 0) is 17.5 Å². The molecule has 0 radical (unpaired) electrons. The van der Waals surface area contributed by atoms with E-state index in [1.165, 1.54) is 7.11 Å². The molecule has 1 aromatic carbocycles. The molecule has 3 nitrogen and oxygen atoms in total. The van der Waals surface area contributed by atoms with Gasteiger partial charge in [0.25, 0.3) is 0 Å². The zero-order valence-corrected chi connectivity index (χ0v) is 10.2. The molecular weight excluding hydrogens is 238 g/mol. The molecule has 88 valence electrons. The second-order valence-electron chi connectivity index (χ2n) is 3.67. The highest BCUT2D eigenvalue weighted by Gasteiger charge is 2.08. The number of halogens is 1. The molecule has 1 aromatic heterocycles. The lowest BCUT2D eigenvalue weighted by Crippen LogP contribution is -2.03. The molecule has 0 atom stereocenters. The van der Waals surface area contributed by atoms with Gasteiger partial charge in [0.1, 0.15) is 0 Å². The summed E-state index contributed by atoms with van der Waals surface area (Å²) >= 11 is 6.16. The van der Waals surface area contributed by atoms with E-state index in [9.17, 15) is 4.79 Å². The third-order valence-corrected chi connectivity index (χ3v) is 2.93. The van der Waals surface area contributed by atoms with Crippen molar-refractivity contribution in [2.45, 2.75) is 12.8 Å². The van der Waals surface area contributed by atoms with Crippen LogP contribution in [0.2, 0.25) is 5.02 Å². The largest absolute Gasteiger partial charge is 0.469 e. The van der Waals surface area contributed by atoms with E-state index in [0.717, 1.165) is 16.5 Å². The first kappa shape index (κ1) is 11.9. The van der Waals surface area contributed by atoms with Crippen LogP contribution in [0.15, 0.2) is 30.5 Å². The molecule has 0 aliphatic rings. The number of benzene rings is 1. The molecule has 4 heteroatoms. The Morgan fingerprint density at radius 3 is 3.00 bits per heavy atom. The number of nitrogens with zero attached hydrogens (tertiary/aromatic N) is 1. The Morgan fingerprint density at radius 1 is 1.41 bits per heavy atom. The Bertz CT molecular complexity index is 549. The lowest BCUT2D eigenvalue weighted by atomic mass is 10.1. The fourth-order valence-corrected chi connectivity index (χ4v) is 2.06. The van der Waals surface area contributed by atoms with Crippen LogP contribution in [0.3, 0.4) is 0 Å². The van der Waals surface area contributed by atoms with Crippen molar-refractivity contribution >= 4 is 28.3 Å². The predicted octanol–water partition coefficient (Wildman–Crippen LogP) is 2.99. The van der Waals surface area contributed by atoms with Gasteiger partial charge in [-0.2, -0.15) is 0 Å². The number of hydrogen-bond donors (Lipinski definition) is 0. The number of rotatable bonds is 3. The molecule has 0 unspecified atom stereocenters. The Labute approximate surface area is 104 Å². The second kappa shape index (κ2) is 5.15. The number of aryl methyl sites for hydroxylation is 1. The Kier molecular flexibility index (Phi) is 3.59. The first-order valence-corrected chi connectivity index (χ1v) is 5.69. The predicted molar refractivity (Wildman–Crippen MR) is 67.1 cm³/mol. The number of hydrogen-bond acceptors (Lipinski definition) is 3. The molecule has 2 aromatic rings. The fourth-order valence-electron chi connectivity index (χ4n) is 1.77. The number of fused-ring (bicyclic) bond motifs is 1. The summed E-state index contributed by atoms with van der Waals surface area (Å²) in [6, 6.07) is 7.61. The summed E-state index contributed by atoms with van der Waals surface area (Å²) < 4.78 is 4.61. The highest BCUT2D eigenvalue weighted by Crippen LogP contribution is 2.26. The zero-order chi connectivity index (χ0) is 12.3. The van der Waals surface area contributed by atoms with E-state index in [-0.39, 0.29) is 5.97 Å². The summed E-state index contributed by atoms with van der Waals surface area (Å²) in [6.07, 6.45) is 2.58. The number of methoxy groups -OCH3 is 1. The number of carbonyl (C=O) groups excluding carboxylic acids is 1. The topological polar surface area (TPSA) is 39.2 Å². The third kappa shape index (κ3) is 2.56. The van der Waals surface area contributed by atoms with Gasteiger partial charge < -0.3 is 4.74 Å². The van der Waals surface area contributed by atoms with E-state index in [2.05, 4.69) is 9.72 Å². The first-order valence-electron chi connectivity index (χ1n) is 5.31. The van der Waals surface area contributed by atoms with Crippen LogP contribution in [0.5, 0.6) is 0 Å². The molecule has 0 N–H and O–H groups in total. The average molecular weight is 250 g/mol. The quantitative estimate of drug-likeness (QED) is 0.785.